The number of carbonyl (C=O) groups is 1. The van der Waals surface area contributed by atoms with Crippen molar-refractivity contribution in [1.82, 2.24) is 4.98 Å². The predicted octanol–water partition coefficient (Wildman–Crippen LogP) is 2.14. The minimum Gasteiger partial charge on any atom is -0.323 e. The Bertz CT molecular complexity index is 749. The van der Waals surface area contributed by atoms with Crippen molar-refractivity contribution in [3.63, 3.8) is 0 Å². The highest BCUT2D eigenvalue weighted by Crippen LogP contribution is 2.20. The second kappa shape index (κ2) is 6.76. The van der Waals surface area contributed by atoms with Gasteiger partial charge in [0.1, 0.15) is 6.54 Å². The fourth-order valence-corrected chi connectivity index (χ4v) is 2.76. The van der Waals surface area contributed by atoms with Gasteiger partial charge in [-0.1, -0.05) is 11.6 Å². The minimum atomic E-state index is -3.60. The number of halogens is 1. The molecule has 0 atom stereocenters. The number of pyridine rings is 1. The van der Waals surface area contributed by atoms with Gasteiger partial charge < -0.3 is 5.32 Å². The Morgan fingerprint density at radius 1 is 1.27 bits per heavy atom. The van der Waals surface area contributed by atoms with Crippen molar-refractivity contribution >= 4 is 38.9 Å². The maximum atomic E-state index is 12.0. The molecule has 0 aliphatic carbocycles. The first kappa shape index (κ1) is 16.3. The molecule has 0 spiro atoms. The van der Waals surface area contributed by atoms with Crippen LogP contribution in [0.3, 0.4) is 0 Å². The molecule has 2 rings (SSSR count). The molecular formula is C14H14ClN3O3S. The summed E-state index contributed by atoms with van der Waals surface area (Å²) in [5.41, 5.74) is 0.866. The quantitative estimate of drug-likeness (QED) is 0.905. The van der Waals surface area contributed by atoms with E-state index in [-0.39, 0.29) is 6.54 Å². The molecule has 1 heterocycles. The molecule has 0 fully saturated rings. The second-order valence-electron chi connectivity index (χ2n) is 4.54. The molecule has 22 heavy (non-hydrogen) atoms. The van der Waals surface area contributed by atoms with Crippen LogP contribution in [0.15, 0.2) is 48.8 Å². The molecule has 0 saturated carbocycles. The third-order valence-electron chi connectivity index (χ3n) is 2.75. The summed E-state index contributed by atoms with van der Waals surface area (Å²) < 4.78 is 24.8. The molecule has 8 heteroatoms. The Balaban J connectivity index is 2.17. The standard InChI is InChI=1S/C14H14ClN3O3S/c1-22(20,21)18(13-6-4-11(15)5-7-13)10-14(19)17-12-3-2-8-16-9-12/h2-9H,10H2,1H3,(H,17,19). The van der Waals surface area contributed by atoms with Crippen molar-refractivity contribution < 1.29 is 13.2 Å². The zero-order valence-electron chi connectivity index (χ0n) is 11.7. The molecule has 0 saturated heterocycles. The molecule has 0 aliphatic rings. The molecule has 0 aliphatic heterocycles. The van der Waals surface area contributed by atoms with E-state index >= 15 is 0 Å². The topological polar surface area (TPSA) is 79.4 Å². The van der Waals surface area contributed by atoms with Crippen molar-refractivity contribution in [1.29, 1.82) is 0 Å². The van der Waals surface area contributed by atoms with Crippen molar-refractivity contribution in [3.8, 4) is 0 Å². The summed E-state index contributed by atoms with van der Waals surface area (Å²) in [6, 6.07) is 9.55. The second-order valence-corrected chi connectivity index (χ2v) is 6.88. The van der Waals surface area contributed by atoms with Crippen LogP contribution in [0, 0.1) is 0 Å². The maximum absolute atomic E-state index is 12.0. The fourth-order valence-electron chi connectivity index (χ4n) is 1.78. The summed E-state index contributed by atoms with van der Waals surface area (Å²) in [7, 11) is -3.60. The van der Waals surface area contributed by atoms with E-state index < -0.39 is 15.9 Å². The third kappa shape index (κ3) is 4.44. The molecule has 1 amide bonds. The first-order valence-electron chi connectivity index (χ1n) is 6.29. The van der Waals surface area contributed by atoms with Crippen molar-refractivity contribution in [2.45, 2.75) is 0 Å². The van der Waals surface area contributed by atoms with E-state index in [4.69, 9.17) is 11.6 Å². The normalized spacial score (nSPS) is 11.0. The van der Waals surface area contributed by atoms with Gasteiger partial charge in [-0.25, -0.2) is 8.42 Å². The van der Waals surface area contributed by atoms with Crippen molar-refractivity contribution in [2.75, 3.05) is 22.4 Å². The Morgan fingerprint density at radius 3 is 2.50 bits per heavy atom. The molecule has 0 radical (unpaired) electrons. The van der Waals surface area contributed by atoms with E-state index in [0.29, 0.717) is 16.4 Å². The van der Waals surface area contributed by atoms with Crippen LogP contribution in [0.25, 0.3) is 0 Å². The zero-order chi connectivity index (χ0) is 16.2. The number of nitrogens with one attached hydrogen (secondary N) is 1. The predicted molar refractivity (Wildman–Crippen MR) is 86.5 cm³/mol. The summed E-state index contributed by atoms with van der Waals surface area (Å²) in [6.07, 6.45) is 4.09. The zero-order valence-corrected chi connectivity index (χ0v) is 13.3. The summed E-state index contributed by atoms with van der Waals surface area (Å²) in [4.78, 5) is 15.9. The lowest BCUT2D eigenvalue weighted by atomic mass is 10.3. The lowest BCUT2D eigenvalue weighted by Gasteiger charge is -2.21. The molecule has 0 bridgehead atoms. The summed E-state index contributed by atoms with van der Waals surface area (Å²) >= 11 is 5.79. The first-order chi connectivity index (χ1) is 10.4. The van der Waals surface area contributed by atoms with E-state index in [9.17, 15) is 13.2 Å². The number of anilines is 2. The van der Waals surface area contributed by atoms with Gasteiger partial charge in [0.05, 0.1) is 23.8 Å². The smallest absolute Gasteiger partial charge is 0.245 e. The van der Waals surface area contributed by atoms with E-state index in [1.165, 1.54) is 6.20 Å². The van der Waals surface area contributed by atoms with Crippen LogP contribution in [-0.2, 0) is 14.8 Å². The summed E-state index contributed by atoms with van der Waals surface area (Å²) in [5.74, 6) is -0.464. The van der Waals surface area contributed by atoms with Gasteiger partial charge in [0, 0.05) is 11.2 Å². The van der Waals surface area contributed by atoms with E-state index in [0.717, 1.165) is 10.6 Å². The molecule has 6 nitrogen and oxygen atoms in total. The van der Waals surface area contributed by atoms with Crippen molar-refractivity contribution in [2.24, 2.45) is 0 Å². The van der Waals surface area contributed by atoms with Crippen LogP contribution in [-0.4, -0.2) is 32.1 Å². The first-order valence-corrected chi connectivity index (χ1v) is 8.52. The summed E-state index contributed by atoms with van der Waals surface area (Å²) in [5, 5.41) is 3.08. The highest BCUT2D eigenvalue weighted by Gasteiger charge is 2.20. The lowest BCUT2D eigenvalue weighted by molar-refractivity contribution is -0.114. The SMILES string of the molecule is CS(=O)(=O)N(CC(=O)Nc1cccnc1)c1ccc(Cl)cc1. The number of hydrogen-bond acceptors (Lipinski definition) is 4. The number of rotatable bonds is 5. The van der Waals surface area contributed by atoms with Crippen LogP contribution in [0.5, 0.6) is 0 Å². The number of carbonyl (C=O) groups excluding carboxylic acids is 1. The van der Waals surface area contributed by atoms with E-state index in [1.807, 2.05) is 0 Å². The molecule has 1 N–H and O–H groups in total. The molecule has 0 unspecified atom stereocenters. The average Bonchev–Trinajstić information content (AvgIpc) is 2.46. The van der Waals surface area contributed by atoms with Gasteiger partial charge in [0.25, 0.3) is 0 Å². The number of sulfonamides is 1. The number of nitrogens with zero attached hydrogens (tertiary/aromatic N) is 2. The fraction of sp³-hybridized carbons (Fsp3) is 0.143. The summed E-state index contributed by atoms with van der Waals surface area (Å²) in [6.45, 7) is -0.338. The van der Waals surface area contributed by atoms with Gasteiger partial charge >= 0.3 is 0 Å². The lowest BCUT2D eigenvalue weighted by Crippen LogP contribution is -2.37. The van der Waals surface area contributed by atoms with E-state index in [2.05, 4.69) is 10.3 Å². The Hall–Kier alpha value is -2.12. The van der Waals surface area contributed by atoms with Crippen LogP contribution in [0.4, 0.5) is 11.4 Å². The maximum Gasteiger partial charge on any atom is 0.245 e. The van der Waals surface area contributed by atoms with Gasteiger partial charge in [-0.2, -0.15) is 0 Å². The Labute approximate surface area is 133 Å². The van der Waals surface area contributed by atoms with Gasteiger partial charge in [-0.05, 0) is 36.4 Å². The highest BCUT2D eigenvalue weighted by molar-refractivity contribution is 7.92. The minimum absolute atomic E-state index is 0.338. The highest BCUT2D eigenvalue weighted by atomic mass is 35.5. The molecule has 1 aromatic carbocycles. The molecule has 2 aromatic rings. The van der Waals surface area contributed by atoms with E-state index in [1.54, 1.807) is 42.6 Å². The number of benzene rings is 1. The third-order valence-corrected chi connectivity index (χ3v) is 4.14. The van der Waals surface area contributed by atoms with Crippen LogP contribution < -0.4 is 9.62 Å². The number of amides is 1. The molecule has 116 valence electrons. The molecular weight excluding hydrogens is 326 g/mol. The van der Waals surface area contributed by atoms with Crippen LogP contribution >= 0.6 is 11.6 Å². The average molecular weight is 340 g/mol. The van der Waals surface area contributed by atoms with Gasteiger partial charge in [-0.15, -0.1) is 0 Å². The van der Waals surface area contributed by atoms with Crippen LogP contribution in [0.2, 0.25) is 5.02 Å². The van der Waals surface area contributed by atoms with Crippen LogP contribution in [0.1, 0.15) is 0 Å². The van der Waals surface area contributed by atoms with Gasteiger partial charge in [-0.3, -0.25) is 14.1 Å². The largest absolute Gasteiger partial charge is 0.323 e. The number of hydrogen-bond donors (Lipinski definition) is 1. The number of aromatic nitrogens is 1. The van der Waals surface area contributed by atoms with Gasteiger partial charge in [0.15, 0.2) is 0 Å². The van der Waals surface area contributed by atoms with Gasteiger partial charge in [0.2, 0.25) is 15.9 Å². The monoisotopic (exact) mass is 339 g/mol. The Morgan fingerprint density at radius 2 is 1.95 bits per heavy atom. The Kier molecular flexibility index (Phi) is 4.99. The molecule has 1 aromatic heterocycles. The van der Waals surface area contributed by atoms with Crippen molar-refractivity contribution in [3.05, 3.63) is 53.8 Å².